The van der Waals surface area contributed by atoms with Gasteiger partial charge in [0.05, 0.1) is 18.0 Å². The van der Waals surface area contributed by atoms with Gasteiger partial charge in [-0.3, -0.25) is 5.41 Å². The number of nitrogens with zero attached hydrogens (tertiary/aromatic N) is 3. The normalized spacial score (nSPS) is 17.2. The molecule has 1 aliphatic heterocycles. The molecule has 1 aliphatic rings. The highest BCUT2D eigenvalue weighted by molar-refractivity contribution is 6.70. The Morgan fingerprint density at radius 1 is 1.47 bits per heavy atom. The third kappa shape index (κ3) is 2.41. The average molecular weight is 261 g/mol. The van der Waals surface area contributed by atoms with Gasteiger partial charge in [-0.2, -0.15) is 5.10 Å². The van der Waals surface area contributed by atoms with Gasteiger partial charge in [-0.05, 0) is 19.1 Å². The summed E-state index contributed by atoms with van der Waals surface area (Å²) in [4.78, 5) is 4.25. The maximum atomic E-state index is 9.29. The van der Waals surface area contributed by atoms with Crippen molar-refractivity contribution in [3.63, 3.8) is 0 Å². The third-order valence-electron chi connectivity index (χ3n) is 2.69. The number of phenolic OH excluding ortho intramolecular Hbond substituents is 1. The van der Waals surface area contributed by atoms with Gasteiger partial charge < -0.3 is 15.9 Å². The lowest BCUT2D eigenvalue weighted by molar-refractivity contribution is 0.356. The molecule has 1 heterocycles. The number of nitrogens with two attached hydrogens (primary N) is 1. The molecule has 7 nitrogen and oxygen atoms in total. The fourth-order valence-electron chi connectivity index (χ4n) is 1.72. The van der Waals surface area contributed by atoms with Crippen molar-refractivity contribution < 1.29 is 10.2 Å². The zero-order valence-electron chi connectivity index (χ0n) is 10.5. The molecule has 0 aliphatic carbocycles. The van der Waals surface area contributed by atoms with Crippen LogP contribution >= 0.6 is 0 Å². The molecule has 100 valence electrons. The first-order chi connectivity index (χ1) is 9.06. The van der Waals surface area contributed by atoms with Crippen molar-refractivity contribution in [1.29, 1.82) is 5.41 Å². The number of amidine groups is 1. The minimum Gasteiger partial charge on any atom is -0.508 e. The van der Waals surface area contributed by atoms with Gasteiger partial charge in [0.15, 0.2) is 5.84 Å². The molecular formula is C12H15N5O2. The molecule has 0 fully saturated rings. The van der Waals surface area contributed by atoms with Crippen LogP contribution in [0, 0.1) is 5.41 Å². The maximum Gasteiger partial charge on any atom is 0.169 e. The number of hydrogen-bond donors (Lipinski definition) is 4. The zero-order valence-corrected chi connectivity index (χ0v) is 10.5. The number of aromatic hydroxyl groups is 1. The number of benzene rings is 1. The van der Waals surface area contributed by atoms with Gasteiger partial charge in [-0.25, -0.2) is 10.0 Å². The Morgan fingerprint density at radius 2 is 2.21 bits per heavy atom. The Bertz CT molecular complexity index is 579. The van der Waals surface area contributed by atoms with Gasteiger partial charge in [-0.15, -0.1) is 0 Å². The summed E-state index contributed by atoms with van der Waals surface area (Å²) in [6.45, 7) is 2.08. The van der Waals surface area contributed by atoms with Crippen LogP contribution in [0.5, 0.6) is 5.75 Å². The minimum absolute atomic E-state index is 0.0502. The standard InChI is InChI=1S/C12H15N5O2/c1-2-17-12(14)11(10(6-18)16-17)15-9-4-3-7(19)5-8(9)13/h3-5,14,18-19H,2,6,13H2,1H3. The number of hydrogen-bond acceptors (Lipinski definition) is 6. The van der Waals surface area contributed by atoms with Crippen LogP contribution in [0.15, 0.2) is 28.3 Å². The molecule has 19 heavy (non-hydrogen) atoms. The SMILES string of the molecule is CCN1N=C(CO)C(=Nc2ccc(O)cc2N)C1=N. The summed E-state index contributed by atoms with van der Waals surface area (Å²) in [7, 11) is 0. The van der Waals surface area contributed by atoms with E-state index in [-0.39, 0.29) is 18.2 Å². The predicted octanol–water partition coefficient (Wildman–Crippen LogP) is 0.708. The van der Waals surface area contributed by atoms with E-state index in [1.807, 2.05) is 6.92 Å². The molecule has 2 rings (SSSR count). The molecule has 0 saturated heterocycles. The first kappa shape index (κ1) is 13.0. The number of phenols is 1. The lowest BCUT2D eigenvalue weighted by atomic mass is 10.2. The van der Waals surface area contributed by atoms with Crippen molar-refractivity contribution in [1.82, 2.24) is 5.01 Å². The monoisotopic (exact) mass is 261 g/mol. The van der Waals surface area contributed by atoms with Crippen molar-refractivity contribution in [2.45, 2.75) is 6.92 Å². The number of aliphatic hydroxyl groups is 1. The van der Waals surface area contributed by atoms with Crippen LogP contribution in [0.2, 0.25) is 0 Å². The van der Waals surface area contributed by atoms with Gasteiger partial charge in [0, 0.05) is 12.6 Å². The van der Waals surface area contributed by atoms with Gasteiger partial charge in [0.1, 0.15) is 17.2 Å². The van der Waals surface area contributed by atoms with Crippen molar-refractivity contribution in [3.05, 3.63) is 18.2 Å². The second kappa shape index (κ2) is 5.07. The summed E-state index contributed by atoms with van der Waals surface area (Å²) < 4.78 is 0. The lowest BCUT2D eigenvalue weighted by Gasteiger charge is -2.09. The van der Waals surface area contributed by atoms with E-state index in [0.717, 1.165) is 0 Å². The molecule has 0 saturated carbocycles. The van der Waals surface area contributed by atoms with Crippen molar-refractivity contribution in [2.24, 2.45) is 10.1 Å². The number of nitrogen functional groups attached to an aromatic ring is 1. The fraction of sp³-hybridized carbons (Fsp3) is 0.250. The van der Waals surface area contributed by atoms with Crippen LogP contribution in [0.3, 0.4) is 0 Å². The molecule has 0 bridgehead atoms. The van der Waals surface area contributed by atoms with E-state index in [0.29, 0.717) is 29.3 Å². The molecular weight excluding hydrogens is 246 g/mol. The molecule has 0 unspecified atom stereocenters. The quantitative estimate of drug-likeness (QED) is 0.599. The van der Waals surface area contributed by atoms with E-state index in [1.165, 1.54) is 17.1 Å². The molecule has 1 aromatic rings. The number of rotatable bonds is 3. The van der Waals surface area contributed by atoms with E-state index in [1.54, 1.807) is 6.07 Å². The fourth-order valence-corrected chi connectivity index (χ4v) is 1.72. The minimum atomic E-state index is -0.296. The molecule has 0 amide bonds. The van der Waals surface area contributed by atoms with Crippen LogP contribution in [-0.2, 0) is 0 Å². The van der Waals surface area contributed by atoms with Crippen molar-refractivity contribution in [2.75, 3.05) is 18.9 Å². The molecule has 0 radical (unpaired) electrons. The molecule has 0 aromatic heterocycles. The van der Waals surface area contributed by atoms with E-state index >= 15 is 0 Å². The highest BCUT2D eigenvalue weighted by Gasteiger charge is 2.27. The summed E-state index contributed by atoms with van der Waals surface area (Å²) in [5.74, 6) is 0.174. The second-order valence-electron chi connectivity index (χ2n) is 3.97. The smallest absolute Gasteiger partial charge is 0.169 e. The Labute approximate surface area is 110 Å². The molecule has 0 spiro atoms. The van der Waals surface area contributed by atoms with Gasteiger partial charge in [0.25, 0.3) is 0 Å². The number of aliphatic imine (C=N–C) groups is 1. The largest absolute Gasteiger partial charge is 0.508 e. The van der Waals surface area contributed by atoms with Crippen LogP contribution < -0.4 is 5.73 Å². The van der Waals surface area contributed by atoms with Crippen LogP contribution in [0.25, 0.3) is 0 Å². The first-order valence-electron chi connectivity index (χ1n) is 5.79. The third-order valence-corrected chi connectivity index (χ3v) is 2.69. The number of nitrogens with one attached hydrogen (secondary N) is 1. The Morgan fingerprint density at radius 3 is 2.79 bits per heavy atom. The average Bonchev–Trinajstić information content (AvgIpc) is 2.69. The van der Waals surface area contributed by atoms with Crippen LogP contribution in [0.4, 0.5) is 11.4 Å². The first-order valence-corrected chi connectivity index (χ1v) is 5.79. The van der Waals surface area contributed by atoms with Crippen molar-refractivity contribution in [3.8, 4) is 5.75 Å². The van der Waals surface area contributed by atoms with Gasteiger partial charge >= 0.3 is 0 Å². The van der Waals surface area contributed by atoms with E-state index in [2.05, 4.69) is 10.1 Å². The molecule has 0 atom stereocenters. The number of hydrazone groups is 1. The van der Waals surface area contributed by atoms with Crippen LogP contribution in [0.1, 0.15) is 6.92 Å². The van der Waals surface area contributed by atoms with E-state index < -0.39 is 0 Å². The number of aliphatic hydroxyl groups excluding tert-OH is 1. The van der Waals surface area contributed by atoms with E-state index in [9.17, 15) is 10.2 Å². The van der Waals surface area contributed by atoms with Gasteiger partial charge in [-0.1, -0.05) is 0 Å². The Hall–Kier alpha value is -2.41. The predicted molar refractivity (Wildman–Crippen MR) is 74.2 cm³/mol. The highest BCUT2D eigenvalue weighted by Crippen LogP contribution is 2.27. The molecule has 5 N–H and O–H groups in total. The van der Waals surface area contributed by atoms with Crippen molar-refractivity contribution >= 4 is 28.6 Å². The summed E-state index contributed by atoms with van der Waals surface area (Å²) in [5.41, 5.74) is 7.10. The van der Waals surface area contributed by atoms with Gasteiger partial charge in [0.2, 0.25) is 0 Å². The maximum absolute atomic E-state index is 9.29. The summed E-state index contributed by atoms with van der Waals surface area (Å²) >= 11 is 0. The Balaban J connectivity index is 2.42. The summed E-state index contributed by atoms with van der Waals surface area (Å²) in [5, 5.41) is 32.0. The Kier molecular flexibility index (Phi) is 3.48. The van der Waals surface area contributed by atoms with Crippen LogP contribution in [-0.4, -0.2) is 45.6 Å². The van der Waals surface area contributed by atoms with E-state index in [4.69, 9.17) is 11.1 Å². The summed E-state index contributed by atoms with van der Waals surface area (Å²) in [6, 6.07) is 4.39. The number of anilines is 1. The summed E-state index contributed by atoms with van der Waals surface area (Å²) in [6.07, 6.45) is 0. The highest BCUT2D eigenvalue weighted by atomic mass is 16.3. The topological polar surface area (TPSA) is 118 Å². The molecule has 1 aromatic carbocycles. The lowest BCUT2D eigenvalue weighted by Crippen LogP contribution is -2.27. The second-order valence-corrected chi connectivity index (χ2v) is 3.97. The zero-order chi connectivity index (χ0) is 14.0. The molecule has 7 heteroatoms.